The Kier molecular flexibility index (Phi) is 9.15. The van der Waals surface area contributed by atoms with Crippen LogP contribution in [0.25, 0.3) is 0 Å². The lowest BCUT2D eigenvalue weighted by atomic mass is 10.2. The number of amides is 1. The summed E-state index contributed by atoms with van der Waals surface area (Å²) in [5, 5.41) is 3.85. The highest BCUT2D eigenvalue weighted by atomic mass is 19.3. The minimum atomic E-state index is -6.05. The number of aryl methyl sites for hydroxylation is 2. The normalized spacial score (nSPS) is 11.7. The van der Waals surface area contributed by atoms with Crippen LogP contribution < -0.4 is 10.6 Å². The van der Waals surface area contributed by atoms with Crippen LogP contribution in [-0.4, -0.2) is 43.5 Å². The molecule has 10 nitrogen and oxygen atoms in total. The van der Waals surface area contributed by atoms with Crippen molar-refractivity contribution in [2.24, 2.45) is 9.98 Å². The van der Waals surface area contributed by atoms with Gasteiger partial charge >= 0.3 is 24.6 Å². The molecule has 2 rings (SSSR count). The van der Waals surface area contributed by atoms with Gasteiger partial charge in [-0.1, -0.05) is 12.1 Å². The Morgan fingerprint density at radius 2 is 1.38 bits per heavy atom. The molecule has 0 bridgehead atoms. The number of hydrogen-bond acceptors (Lipinski definition) is 9. The van der Waals surface area contributed by atoms with E-state index in [0.29, 0.717) is 11.1 Å². The smallest absolute Gasteiger partial charge is 0.377 e. The molecule has 37 heavy (non-hydrogen) atoms. The summed E-state index contributed by atoms with van der Waals surface area (Å²) < 4.78 is 92.4. The van der Waals surface area contributed by atoms with Crippen molar-refractivity contribution in [2.45, 2.75) is 32.4 Å². The molecule has 0 radical (unpaired) electrons. The van der Waals surface area contributed by atoms with Crippen LogP contribution in [0.1, 0.15) is 11.1 Å². The van der Waals surface area contributed by atoms with Gasteiger partial charge in [-0.05, 0) is 49.2 Å². The number of carbonyl (C=O) groups excluding carboxylic acids is 3. The van der Waals surface area contributed by atoms with Crippen molar-refractivity contribution in [3.05, 3.63) is 47.5 Å². The lowest BCUT2D eigenvalue weighted by molar-refractivity contribution is -0.519. The lowest BCUT2D eigenvalue weighted by Gasteiger charge is -2.28. The van der Waals surface area contributed by atoms with Gasteiger partial charge in [0.05, 0.1) is 11.4 Å². The Balaban J connectivity index is 1.99. The van der Waals surface area contributed by atoms with Gasteiger partial charge in [-0.25, -0.2) is 19.1 Å². The van der Waals surface area contributed by atoms with Crippen LogP contribution in [0, 0.1) is 13.8 Å². The summed E-state index contributed by atoms with van der Waals surface area (Å²) in [6, 6.07) is 7.40. The van der Waals surface area contributed by atoms with E-state index >= 15 is 0 Å². The number of alkyl halides is 6. The van der Waals surface area contributed by atoms with E-state index < -0.39 is 31.3 Å². The molecule has 0 unspecified atom stereocenters. The first kappa shape index (κ1) is 29.0. The molecule has 2 aromatic carbocycles. The molecule has 198 valence electrons. The predicted molar refractivity (Wildman–Crippen MR) is 114 cm³/mol. The van der Waals surface area contributed by atoms with Crippen molar-refractivity contribution >= 4 is 41.0 Å². The largest absolute Gasteiger partial charge is 0.497 e. The third-order valence-electron chi connectivity index (χ3n) is 4.32. The zero-order valence-corrected chi connectivity index (χ0v) is 18.8. The first-order chi connectivity index (χ1) is 17.2. The van der Waals surface area contributed by atoms with Crippen LogP contribution in [0.4, 0.5) is 53.9 Å². The second-order valence-corrected chi connectivity index (χ2v) is 6.99. The van der Waals surface area contributed by atoms with Crippen molar-refractivity contribution in [3.63, 3.8) is 0 Å². The zero-order valence-electron chi connectivity index (χ0n) is 18.8. The van der Waals surface area contributed by atoms with Gasteiger partial charge in [0.1, 0.15) is 6.73 Å². The molecule has 0 fully saturated rings. The van der Waals surface area contributed by atoms with E-state index in [-0.39, 0.29) is 22.7 Å². The van der Waals surface area contributed by atoms with Gasteiger partial charge in [0.15, 0.2) is 0 Å². The highest BCUT2D eigenvalue weighted by molar-refractivity contribution is 5.85. The average molecular weight is 534 g/mol. The highest BCUT2D eigenvalue weighted by Crippen LogP contribution is 2.41. The van der Waals surface area contributed by atoms with E-state index in [1.807, 2.05) is 0 Å². The fourth-order valence-electron chi connectivity index (χ4n) is 2.51. The van der Waals surface area contributed by atoms with Gasteiger partial charge in [0, 0.05) is 11.4 Å². The number of hydrogen-bond donors (Lipinski definition) is 2. The molecule has 2 N–H and O–H groups in total. The fourth-order valence-corrected chi connectivity index (χ4v) is 2.51. The number of carbonyl (C=O) groups is 1. The predicted octanol–water partition coefficient (Wildman–Crippen LogP) is 5.63. The Morgan fingerprint density at radius 1 is 0.865 bits per heavy atom. The van der Waals surface area contributed by atoms with Gasteiger partial charge in [0.25, 0.3) is 0 Å². The Bertz CT molecular complexity index is 1250. The number of aliphatic imine (C=N–C) groups is 2. The summed E-state index contributed by atoms with van der Waals surface area (Å²) >= 11 is 0. The second-order valence-electron chi connectivity index (χ2n) is 6.99. The molecule has 0 saturated heterocycles. The monoisotopic (exact) mass is 534 g/mol. The fraction of sp³-hybridized carbons (Fsp3) is 0.286. The first-order valence-electron chi connectivity index (χ1n) is 9.78. The SMILES string of the molecule is Cc1ccc(NCOC(F)(F)OC(F)(F)C(F)(F)OC(=O)Nc2ccc(C)c(N=C=O)c2)cc1N=C=O. The molecule has 1 amide bonds. The van der Waals surface area contributed by atoms with E-state index in [1.54, 1.807) is 12.2 Å². The molecule has 2 aromatic rings. The maximum absolute atomic E-state index is 13.8. The van der Waals surface area contributed by atoms with Crippen molar-refractivity contribution in [3.8, 4) is 0 Å². The molecule has 0 aliphatic heterocycles. The summed E-state index contributed by atoms with van der Waals surface area (Å²) in [5.41, 5.74) is 0.765. The summed E-state index contributed by atoms with van der Waals surface area (Å²) in [4.78, 5) is 39.0. The number of benzene rings is 2. The third-order valence-corrected chi connectivity index (χ3v) is 4.32. The third kappa shape index (κ3) is 8.15. The lowest BCUT2D eigenvalue weighted by Crippen LogP contribution is -2.51. The average Bonchev–Trinajstić information content (AvgIpc) is 2.77. The van der Waals surface area contributed by atoms with Crippen molar-refractivity contribution in [1.82, 2.24) is 0 Å². The van der Waals surface area contributed by atoms with Crippen LogP contribution >= 0.6 is 0 Å². The van der Waals surface area contributed by atoms with Gasteiger partial charge in [-0.2, -0.15) is 27.5 Å². The number of ether oxygens (including phenoxy) is 3. The standard InChI is InChI=1S/C21H16F6N4O6/c1-12-3-5-14(7-16(12)28-9-32)30-11-35-21(26,27)37-20(24,25)19(22,23)36-18(34)31-15-6-4-13(2)17(8-15)29-10-33/h3-8,30H,11H2,1-2H3,(H,31,34). The minimum absolute atomic E-state index is 0.0306. The molecular formula is C21H16F6N4O6. The number of rotatable bonds is 11. The first-order valence-corrected chi connectivity index (χ1v) is 9.78. The summed E-state index contributed by atoms with van der Waals surface area (Å²) in [5.74, 6) is 0. The number of anilines is 2. The van der Waals surface area contributed by atoms with Crippen molar-refractivity contribution in [2.75, 3.05) is 17.4 Å². The minimum Gasteiger partial charge on any atom is -0.377 e. The van der Waals surface area contributed by atoms with E-state index in [9.17, 15) is 40.7 Å². The maximum atomic E-state index is 13.8. The Hall–Kier alpha value is -4.23. The van der Waals surface area contributed by atoms with E-state index in [1.165, 1.54) is 43.3 Å². The molecule has 0 atom stereocenters. The van der Waals surface area contributed by atoms with E-state index in [0.717, 1.165) is 12.1 Å². The van der Waals surface area contributed by atoms with Crippen LogP contribution in [-0.2, 0) is 23.8 Å². The van der Waals surface area contributed by atoms with E-state index in [4.69, 9.17) is 0 Å². The summed E-state index contributed by atoms with van der Waals surface area (Å²) in [6.07, 6.45) is -16.9. The van der Waals surface area contributed by atoms with Crippen LogP contribution in [0.5, 0.6) is 0 Å². The van der Waals surface area contributed by atoms with Gasteiger partial charge < -0.3 is 10.1 Å². The zero-order chi connectivity index (χ0) is 27.9. The Labute approximate surface area is 203 Å². The van der Waals surface area contributed by atoms with Crippen LogP contribution in [0.3, 0.4) is 0 Å². The summed E-state index contributed by atoms with van der Waals surface area (Å²) in [7, 11) is 0. The molecule has 16 heteroatoms. The second kappa shape index (κ2) is 11.7. The molecular weight excluding hydrogens is 518 g/mol. The maximum Gasteiger partial charge on any atom is 0.497 e. The number of isocyanates is 2. The molecule has 0 saturated carbocycles. The molecule has 0 aliphatic carbocycles. The van der Waals surface area contributed by atoms with Crippen LogP contribution in [0.2, 0.25) is 0 Å². The number of nitrogens with one attached hydrogen (secondary N) is 2. The molecule has 0 aromatic heterocycles. The topological polar surface area (TPSA) is 128 Å². The van der Waals surface area contributed by atoms with E-state index in [2.05, 4.69) is 29.5 Å². The number of nitrogens with zero attached hydrogens (tertiary/aromatic N) is 2. The van der Waals surface area contributed by atoms with Crippen molar-refractivity contribution in [1.29, 1.82) is 0 Å². The van der Waals surface area contributed by atoms with Gasteiger partial charge in [-0.15, -0.1) is 8.78 Å². The Morgan fingerprint density at radius 3 is 1.92 bits per heavy atom. The number of halogens is 6. The van der Waals surface area contributed by atoms with Crippen LogP contribution in [0.15, 0.2) is 46.4 Å². The molecule has 0 spiro atoms. The van der Waals surface area contributed by atoms with Gasteiger partial charge in [0.2, 0.25) is 12.2 Å². The van der Waals surface area contributed by atoms with Gasteiger partial charge in [-0.3, -0.25) is 10.1 Å². The molecule has 0 aliphatic rings. The molecule has 0 heterocycles. The highest BCUT2D eigenvalue weighted by Gasteiger charge is 2.67. The quantitative estimate of drug-likeness (QED) is 0.166. The van der Waals surface area contributed by atoms with Crippen molar-refractivity contribution < 1.29 is 54.9 Å². The summed E-state index contributed by atoms with van der Waals surface area (Å²) in [6.45, 7) is 1.86.